The molecule has 1 saturated carbocycles. The van der Waals surface area contributed by atoms with Crippen LogP contribution in [0.5, 0.6) is 0 Å². The molecule has 1 amide bonds. The fraction of sp³-hybridized carbons (Fsp3) is 0.929. The highest BCUT2D eigenvalue weighted by atomic mass is 16.6. The van der Waals surface area contributed by atoms with Crippen molar-refractivity contribution in [1.29, 1.82) is 0 Å². The molecule has 1 rings (SSSR count). The summed E-state index contributed by atoms with van der Waals surface area (Å²) in [5, 5.41) is 9.52. The third-order valence-corrected chi connectivity index (χ3v) is 2.89. The van der Waals surface area contributed by atoms with Crippen LogP contribution < -0.4 is 0 Å². The quantitative estimate of drug-likeness (QED) is 0.824. The molecule has 1 aliphatic carbocycles. The van der Waals surface area contributed by atoms with Gasteiger partial charge in [0.15, 0.2) is 0 Å². The summed E-state index contributed by atoms with van der Waals surface area (Å²) < 4.78 is 5.44. The smallest absolute Gasteiger partial charge is 0.410 e. The Morgan fingerprint density at radius 1 is 1.39 bits per heavy atom. The summed E-state index contributed by atoms with van der Waals surface area (Å²) in [7, 11) is 0. The molecule has 4 heteroatoms. The molecule has 0 aromatic carbocycles. The number of aliphatic hydroxyl groups excluding tert-OH is 1. The molecule has 1 unspecified atom stereocenters. The van der Waals surface area contributed by atoms with Crippen LogP contribution in [0.2, 0.25) is 0 Å². The van der Waals surface area contributed by atoms with E-state index in [0.29, 0.717) is 5.92 Å². The molecule has 0 radical (unpaired) electrons. The summed E-state index contributed by atoms with van der Waals surface area (Å²) in [5.41, 5.74) is -0.484. The normalized spacial score (nSPS) is 17.7. The Morgan fingerprint density at radius 2 is 1.94 bits per heavy atom. The first-order valence-electron chi connectivity index (χ1n) is 6.86. The minimum Gasteiger partial charge on any atom is -0.444 e. The summed E-state index contributed by atoms with van der Waals surface area (Å²) in [6.45, 7) is 9.81. The monoisotopic (exact) mass is 257 g/mol. The fourth-order valence-corrected chi connectivity index (χ4v) is 2.08. The predicted octanol–water partition coefficient (Wildman–Crippen LogP) is 2.79. The molecule has 4 nitrogen and oxygen atoms in total. The lowest BCUT2D eigenvalue weighted by Crippen LogP contribution is -2.47. The minimum absolute atomic E-state index is 0.00786. The highest BCUT2D eigenvalue weighted by Crippen LogP contribution is 2.31. The van der Waals surface area contributed by atoms with E-state index in [4.69, 9.17) is 4.74 Å². The molecule has 0 aromatic rings. The van der Waals surface area contributed by atoms with Crippen LogP contribution in [-0.2, 0) is 4.74 Å². The number of hydrogen-bond acceptors (Lipinski definition) is 3. The highest BCUT2D eigenvalue weighted by molar-refractivity contribution is 5.69. The number of ether oxygens (including phenoxy) is 1. The van der Waals surface area contributed by atoms with Crippen molar-refractivity contribution >= 4 is 6.09 Å². The van der Waals surface area contributed by atoms with Gasteiger partial charge in [-0.1, -0.05) is 13.8 Å². The summed E-state index contributed by atoms with van der Waals surface area (Å²) in [6, 6.07) is 0.142. The standard InChI is InChI=1S/C14H27NO3/c1-10(2)8-12(9-16)15(11-6-7-11)13(17)18-14(3,4)5/h10-12,16H,6-9H2,1-5H3. The van der Waals surface area contributed by atoms with E-state index in [1.165, 1.54) is 0 Å². The van der Waals surface area contributed by atoms with Gasteiger partial charge >= 0.3 is 6.09 Å². The molecule has 1 fully saturated rings. The topological polar surface area (TPSA) is 49.8 Å². The molecular formula is C14H27NO3. The van der Waals surface area contributed by atoms with E-state index in [9.17, 15) is 9.90 Å². The van der Waals surface area contributed by atoms with Gasteiger partial charge in [-0.15, -0.1) is 0 Å². The zero-order chi connectivity index (χ0) is 13.9. The molecular weight excluding hydrogens is 230 g/mol. The SMILES string of the molecule is CC(C)CC(CO)N(C(=O)OC(C)(C)C)C1CC1. The molecule has 106 valence electrons. The zero-order valence-corrected chi connectivity index (χ0v) is 12.3. The molecule has 18 heavy (non-hydrogen) atoms. The molecule has 0 aliphatic heterocycles. The maximum atomic E-state index is 12.2. The Balaban J connectivity index is 2.71. The van der Waals surface area contributed by atoms with Crippen molar-refractivity contribution in [3.8, 4) is 0 Å². The van der Waals surface area contributed by atoms with E-state index in [1.807, 2.05) is 20.8 Å². The van der Waals surface area contributed by atoms with E-state index in [1.54, 1.807) is 4.90 Å². The molecule has 1 N–H and O–H groups in total. The molecule has 0 heterocycles. The maximum absolute atomic E-state index is 12.2. The van der Waals surface area contributed by atoms with Crippen molar-refractivity contribution in [2.45, 2.75) is 71.6 Å². The van der Waals surface area contributed by atoms with Crippen LogP contribution in [0.3, 0.4) is 0 Å². The highest BCUT2D eigenvalue weighted by Gasteiger charge is 2.39. The largest absolute Gasteiger partial charge is 0.444 e. The minimum atomic E-state index is -0.484. The van der Waals surface area contributed by atoms with Crippen LogP contribution in [0.25, 0.3) is 0 Å². The second kappa shape index (κ2) is 5.91. The number of carbonyl (C=O) groups excluding carboxylic acids is 1. The van der Waals surface area contributed by atoms with Crippen LogP contribution in [0, 0.1) is 5.92 Å². The Morgan fingerprint density at radius 3 is 2.28 bits per heavy atom. The molecule has 0 saturated heterocycles. The summed E-state index contributed by atoms with van der Waals surface area (Å²) in [5.74, 6) is 0.450. The first-order chi connectivity index (χ1) is 8.24. The van der Waals surface area contributed by atoms with Gasteiger partial charge in [0.1, 0.15) is 5.60 Å². The van der Waals surface area contributed by atoms with Gasteiger partial charge in [-0.25, -0.2) is 4.79 Å². The summed E-state index contributed by atoms with van der Waals surface area (Å²) in [6.07, 6.45) is 2.57. The number of amides is 1. The van der Waals surface area contributed by atoms with Crippen molar-refractivity contribution in [2.24, 2.45) is 5.92 Å². The Kier molecular flexibility index (Phi) is 5.02. The number of hydrogen-bond donors (Lipinski definition) is 1. The van der Waals surface area contributed by atoms with Crippen molar-refractivity contribution < 1.29 is 14.6 Å². The van der Waals surface area contributed by atoms with Crippen molar-refractivity contribution in [3.05, 3.63) is 0 Å². The third kappa shape index (κ3) is 4.84. The van der Waals surface area contributed by atoms with Crippen LogP contribution in [-0.4, -0.2) is 40.4 Å². The van der Waals surface area contributed by atoms with E-state index in [0.717, 1.165) is 19.3 Å². The van der Waals surface area contributed by atoms with E-state index < -0.39 is 5.60 Å². The van der Waals surface area contributed by atoms with Gasteiger partial charge in [0.25, 0.3) is 0 Å². The zero-order valence-electron chi connectivity index (χ0n) is 12.3. The van der Waals surface area contributed by atoms with Crippen molar-refractivity contribution in [3.63, 3.8) is 0 Å². The Labute approximate surface area is 110 Å². The first kappa shape index (κ1) is 15.3. The lowest BCUT2D eigenvalue weighted by atomic mass is 10.0. The average Bonchev–Trinajstić information content (AvgIpc) is 2.97. The van der Waals surface area contributed by atoms with Crippen LogP contribution in [0.4, 0.5) is 4.79 Å². The summed E-state index contributed by atoms with van der Waals surface area (Å²) >= 11 is 0. The second-order valence-electron chi connectivity index (χ2n) is 6.58. The fourth-order valence-electron chi connectivity index (χ4n) is 2.08. The van der Waals surface area contributed by atoms with Crippen LogP contribution in [0.1, 0.15) is 53.9 Å². The van der Waals surface area contributed by atoms with Gasteiger partial charge in [0, 0.05) is 6.04 Å². The number of rotatable bonds is 5. The predicted molar refractivity (Wildman–Crippen MR) is 71.4 cm³/mol. The van der Waals surface area contributed by atoms with Gasteiger partial charge in [-0.05, 0) is 46.0 Å². The number of nitrogens with zero attached hydrogens (tertiary/aromatic N) is 1. The first-order valence-corrected chi connectivity index (χ1v) is 6.86. The summed E-state index contributed by atoms with van der Waals surface area (Å²) in [4.78, 5) is 14.0. The van der Waals surface area contributed by atoms with Gasteiger partial charge < -0.3 is 9.84 Å². The van der Waals surface area contributed by atoms with Crippen LogP contribution in [0.15, 0.2) is 0 Å². The van der Waals surface area contributed by atoms with Crippen molar-refractivity contribution in [2.75, 3.05) is 6.61 Å². The van der Waals surface area contributed by atoms with E-state index >= 15 is 0 Å². The van der Waals surface area contributed by atoms with Crippen LogP contribution >= 0.6 is 0 Å². The molecule has 1 atom stereocenters. The van der Waals surface area contributed by atoms with Gasteiger partial charge in [0.05, 0.1) is 12.6 Å². The molecule has 0 aromatic heterocycles. The molecule has 0 spiro atoms. The lowest BCUT2D eigenvalue weighted by Gasteiger charge is -2.33. The maximum Gasteiger partial charge on any atom is 0.410 e. The lowest BCUT2D eigenvalue weighted by molar-refractivity contribution is 0.00415. The van der Waals surface area contributed by atoms with Gasteiger partial charge in [0.2, 0.25) is 0 Å². The van der Waals surface area contributed by atoms with Gasteiger partial charge in [-0.2, -0.15) is 0 Å². The number of carbonyl (C=O) groups is 1. The molecule has 0 bridgehead atoms. The Bertz CT molecular complexity index is 279. The van der Waals surface area contributed by atoms with Crippen molar-refractivity contribution in [1.82, 2.24) is 4.90 Å². The average molecular weight is 257 g/mol. The van der Waals surface area contributed by atoms with E-state index in [2.05, 4.69) is 13.8 Å². The second-order valence-corrected chi connectivity index (χ2v) is 6.58. The third-order valence-electron chi connectivity index (χ3n) is 2.89. The number of aliphatic hydroxyl groups is 1. The van der Waals surface area contributed by atoms with E-state index in [-0.39, 0.29) is 24.8 Å². The Hall–Kier alpha value is -0.770. The van der Waals surface area contributed by atoms with Gasteiger partial charge in [-0.3, -0.25) is 4.90 Å². The molecule has 1 aliphatic rings.